The van der Waals surface area contributed by atoms with E-state index in [0.29, 0.717) is 17.0 Å². The van der Waals surface area contributed by atoms with Crippen LogP contribution in [-0.2, 0) is 20.0 Å². The van der Waals surface area contributed by atoms with Gasteiger partial charge in [-0.3, -0.25) is 9.44 Å². The molecule has 0 amide bonds. The highest BCUT2D eigenvalue weighted by atomic mass is 32.2. The summed E-state index contributed by atoms with van der Waals surface area (Å²) < 4.78 is 63.7. The fraction of sp³-hybridized carbons (Fsp3) is 0.111. The minimum absolute atomic E-state index is 0.00776. The van der Waals surface area contributed by atoms with E-state index in [1.165, 1.54) is 36.4 Å². The van der Waals surface area contributed by atoms with E-state index >= 15 is 0 Å². The van der Waals surface area contributed by atoms with E-state index in [9.17, 15) is 16.8 Å². The first kappa shape index (κ1) is 21.1. The summed E-state index contributed by atoms with van der Waals surface area (Å²) in [7, 11) is -7.86. The van der Waals surface area contributed by atoms with Crippen LogP contribution in [0.4, 0.5) is 11.5 Å². The van der Waals surface area contributed by atoms with Crippen molar-refractivity contribution in [3.8, 4) is 0 Å². The molecule has 2 heterocycles. The number of benzene rings is 2. The van der Waals surface area contributed by atoms with Gasteiger partial charge in [0.1, 0.15) is 27.6 Å². The van der Waals surface area contributed by atoms with Gasteiger partial charge >= 0.3 is 0 Å². The molecular weight excluding hydrogens is 460 g/mol. The highest BCUT2D eigenvalue weighted by Gasteiger charge is 2.21. The van der Waals surface area contributed by atoms with Gasteiger partial charge in [-0.2, -0.15) is 8.75 Å². The molecule has 31 heavy (non-hydrogen) atoms. The Morgan fingerprint density at radius 1 is 0.839 bits per heavy atom. The van der Waals surface area contributed by atoms with Gasteiger partial charge in [0.2, 0.25) is 0 Å². The summed E-state index contributed by atoms with van der Waals surface area (Å²) in [6, 6.07) is 11.5. The summed E-state index contributed by atoms with van der Waals surface area (Å²) in [6.07, 6.45) is 0. The molecule has 13 heteroatoms. The van der Waals surface area contributed by atoms with E-state index in [1.807, 2.05) is 0 Å². The molecule has 0 atom stereocenters. The van der Waals surface area contributed by atoms with Crippen molar-refractivity contribution < 1.29 is 16.8 Å². The van der Waals surface area contributed by atoms with E-state index in [-0.39, 0.29) is 26.8 Å². The lowest BCUT2D eigenvalue weighted by Gasteiger charge is -2.11. The molecule has 4 aromatic rings. The Hall–Kier alpha value is -3.16. The fourth-order valence-electron chi connectivity index (χ4n) is 2.88. The molecule has 0 aliphatic heterocycles. The van der Waals surface area contributed by atoms with Gasteiger partial charge in [-0.1, -0.05) is 6.07 Å². The van der Waals surface area contributed by atoms with Gasteiger partial charge in [0.25, 0.3) is 20.0 Å². The number of hydrogen-bond acceptors (Lipinski definition) is 9. The summed E-state index contributed by atoms with van der Waals surface area (Å²) in [4.78, 5) is 8.11. The molecule has 2 N–H and O–H groups in total. The summed E-state index contributed by atoms with van der Waals surface area (Å²) >= 11 is 0.922. The highest BCUT2D eigenvalue weighted by Crippen LogP contribution is 2.24. The van der Waals surface area contributed by atoms with Crippen LogP contribution in [0.25, 0.3) is 11.0 Å². The first-order valence-corrected chi connectivity index (χ1v) is 12.5. The maximum Gasteiger partial charge on any atom is 0.264 e. The number of fused-ring (bicyclic) bond motifs is 1. The lowest BCUT2D eigenvalue weighted by Crippen LogP contribution is -2.16. The van der Waals surface area contributed by atoms with Crippen LogP contribution < -0.4 is 9.44 Å². The van der Waals surface area contributed by atoms with E-state index in [4.69, 9.17) is 0 Å². The van der Waals surface area contributed by atoms with Gasteiger partial charge < -0.3 is 0 Å². The van der Waals surface area contributed by atoms with Gasteiger partial charge in [0.15, 0.2) is 0 Å². The second-order valence-corrected chi connectivity index (χ2v) is 10.4. The lowest BCUT2D eigenvalue weighted by atomic mass is 10.3. The minimum atomic E-state index is -3.94. The number of nitrogens with one attached hydrogen (secondary N) is 2. The Morgan fingerprint density at radius 2 is 1.58 bits per heavy atom. The van der Waals surface area contributed by atoms with E-state index < -0.39 is 20.0 Å². The van der Waals surface area contributed by atoms with E-state index in [0.717, 1.165) is 11.7 Å². The van der Waals surface area contributed by atoms with Crippen molar-refractivity contribution in [1.82, 2.24) is 18.7 Å². The number of hydrogen-bond donors (Lipinski definition) is 2. The zero-order valence-electron chi connectivity index (χ0n) is 16.3. The molecule has 0 fully saturated rings. The smallest absolute Gasteiger partial charge is 0.264 e. The number of anilines is 2. The van der Waals surface area contributed by atoms with Crippen LogP contribution in [0.5, 0.6) is 0 Å². The van der Waals surface area contributed by atoms with Gasteiger partial charge in [-0.25, -0.2) is 26.8 Å². The summed E-state index contributed by atoms with van der Waals surface area (Å²) in [5.41, 5.74) is 1.59. The maximum absolute atomic E-state index is 12.8. The molecular formula is C18H16N6O4S3. The number of aryl methyl sites for hydroxylation is 2. The Balaban J connectivity index is 1.57. The number of rotatable bonds is 6. The van der Waals surface area contributed by atoms with Crippen LogP contribution >= 0.6 is 11.7 Å². The van der Waals surface area contributed by atoms with Crippen molar-refractivity contribution in [2.75, 3.05) is 9.44 Å². The topological polar surface area (TPSA) is 144 Å². The monoisotopic (exact) mass is 476 g/mol. The molecule has 0 unspecified atom stereocenters. The van der Waals surface area contributed by atoms with Crippen LogP contribution in [0, 0.1) is 13.8 Å². The van der Waals surface area contributed by atoms with Crippen molar-refractivity contribution in [1.29, 1.82) is 0 Å². The normalized spacial score (nSPS) is 12.1. The molecule has 10 nitrogen and oxygen atoms in total. The van der Waals surface area contributed by atoms with Crippen molar-refractivity contribution >= 4 is 54.3 Å². The second kappa shape index (κ2) is 7.83. The van der Waals surface area contributed by atoms with Crippen molar-refractivity contribution in [2.24, 2.45) is 0 Å². The third-order valence-corrected chi connectivity index (χ3v) is 7.49. The third-order valence-electron chi connectivity index (χ3n) is 4.16. The number of sulfonamides is 2. The molecule has 4 rings (SSSR count). The maximum atomic E-state index is 12.8. The Kier molecular flexibility index (Phi) is 5.33. The minimum Gasteiger partial charge on any atom is -0.280 e. The fourth-order valence-corrected chi connectivity index (χ4v) is 5.69. The van der Waals surface area contributed by atoms with Crippen molar-refractivity contribution in [3.63, 3.8) is 0 Å². The average Bonchev–Trinajstić information content (AvgIpc) is 3.15. The Bertz CT molecular complexity index is 1460. The molecule has 0 aliphatic carbocycles. The van der Waals surface area contributed by atoms with E-state index in [2.05, 4.69) is 28.2 Å². The largest absolute Gasteiger partial charge is 0.280 e. The molecule has 0 bridgehead atoms. The third kappa shape index (κ3) is 4.47. The Labute approximate surface area is 182 Å². The van der Waals surface area contributed by atoms with Crippen molar-refractivity contribution in [2.45, 2.75) is 23.6 Å². The summed E-state index contributed by atoms with van der Waals surface area (Å²) in [5.74, 6) is 0.590. The molecule has 2 aromatic heterocycles. The SMILES string of the molecule is Cc1cc(NS(=O)(=O)c2ccc(NS(=O)(=O)c3cccc4nsnc34)cc2)nc(C)n1. The zero-order chi connectivity index (χ0) is 22.2. The number of aromatic nitrogens is 4. The van der Waals surface area contributed by atoms with Crippen LogP contribution in [-0.4, -0.2) is 35.6 Å². The van der Waals surface area contributed by atoms with E-state index in [1.54, 1.807) is 26.0 Å². The van der Waals surface area contributed by atoms with Crippen LogP contribution in [0.3, 0.4) is 0 Å². The molecule has 2 aromatic carbocycles. The second-order valence-electron chi connectivity index (χ2n) is 6.57. The lowest BCUT2D eigenvalue weighted by molar-refractivity contribution is 0.600. The quantitative estimate of drug-likeness (QED) is 0.432. The van der Waals surface area contributed by atoms with Gasteiger partial charge in [0, 0.05) is 17.4 Å². The predicted molar refractivity (Wildman–Crippen MR) is 117 cm³/mol. The van der Waals surface area contributed by atoms with Crippen LogP contribution in [0.1, 0.15) is 11.5 Å². The van der Waals surface area contributed by atoms with Crippen molar-refractivity contribution in [3.05, 3.63) is 60.0 Å². The molecule has 0 aliphatic rings. The van der Waals surface area contributed by atoms with Crippen LogP contribution in [0.2, 0.25) is 0 Å². The molecule has 0 saturated carbocycles. The molecule has 0 radical (unpaired) electrons. The molecule has 0 saturated heterocycles. The average molecular weight is 477 g/mol. The molecule has 0 spiro atoms. The first-order valence-electron chi connectivity index (χ1n) is 8.83. The summed E-state index contributed by atoms with van der Waals surface area (Å²) in [6.45, 7) is 3.39. The first-order chi connectivity index (χ1) is 14.6. The Morgan fingerprint density at radius 3 is 2.29 bits per heavy atom. The zero-order valence-corrected chi connectivity index (χ0v) is 18.7. The van der Waals surface area contributed by atoms with Gasteiger partial charge in [-0.05, 0) is 50.2 Å². The number of nitrogens with zero attached hydrogens (tertiary/aromatic N) is 4. The predicted octanol–water partition coefficient (Wildman–Crippen LogP) is 2.70. The van der Waals surface area contributed by atoms with Crippen LogP contribution in [0.15, 0.2) is 58.3 Å². The molecule has 160 valence electrons. The highest BCUT2D eigenvalue weighted by molar-refractivity contribution is 7.93. The summed E-state index contributed by atoms with van der Waals surface area (Å²) in [5, 5.41) is 0. The van der Waals surface area contributed by atoms with Gasteiger partial charge in [-0.15, -0.1) is 0 Å². The standard InChI is InChI=1S/C18H16N6O4S3/c1-11-10-17(20-12(2)19-11)24-30(25,26)14-8-6-13(7-9-14)23-31(27,28)16-5-3-4-15-18(16)22-29-21-15/h3-10,23H,1-2H3,(H,19,20,24). The van der Waals surface area contributed by atoms with Gasteiger partial charge in [0.05, 0.1) is 16.6 Å².